The van der Waals surface area contributed by atoms with E-state index >= 15 is 0 Å². The zero-order valence-corrected chi connectivity index (χ0v) is 15.2. The first-order valence-electron chi connectivity index (χ1n) is 8.78. The number of ether oxygens (including phenoxy) is 6. The maximum Gasteiger partial charge on any atom is 0.224 e. The summed E-state index contributed by atoms with van der Waals surface area (Å²) in [6, 6.07) is 10.0. The highest BCUT2D eigenvalue weighted by atomic mass is 16.9. The second-order valence-electron chi connectivity index (χ2n) is 7.77. The van der Waals surface area contributed by atoms with Gasteiger partial charge in [0.15, 0.2) is 11.6 Å². The molecule has 0 radical (unpaired) electrons. The average molecular weight is 350 g/mol. The maximum atomic E-state index is 6.27. The van der Waals surface area contributed by atoms with E-state index in [1.807, 2.05) is 58.0 Å². The van der Waals surface area contributed by atoms with Gasteiger partial charge in [-0.05, 0) is 33.3 Å². The van der Waals surface area contributed by atoms with Gasteiger partial charge in [-0.15, -0.1) is 0 Å². The van der Waals surface area contributed by atoms with Crippen molar-refractivity contribution in [3.63, 3.8) is 0 Å². The smallest absolute Gasteiger partial charge is 0.224 e. The van der Waals surface area contributed by atoms with E-state index in [1.165, 1.54) is 0 Å². The highest BCUT2D eigenvalue weighted by molar-refractivity contribution is 5.14. The van der Waals surface area contributed by atoms with Crippen molar-refractivity contribution in [1.82, 2.24) is 0 Å². The van der Waals surface area contributed by atoms with E-state index < -0.39 is 23.5 Å². The Hall–Kier alpha value is -1.02. The number of hydrogen-bond donors (Lipinski definition) is 0. The molecular formula is C19H26O6. The van der Waals surface area contributed by atoms with E-state index in [4.69, 9.17) is 28.4 Å². The summed E-state index contributed by atoms with van der Waals surface area (Å²) in [5, 5.41) is 0. The van der Waals surface area contributed by atoms with E-state index in [1.54, 1.807) is 0 Å². The van der Waals surface area contributed by atoms with E-state index in [-0.39, 0.29) is 12.2 Å². The third-order valence-electron chi connectivity index (χ3n) is 4.76. The molecule has 3 heterocycles. The Morgan fingerprint density at radius 3 is 2.44 bits per heavy atom. The molecule has 4 atom stereocenters. The molecular weight excluding hydrogens is 324 g/mol. The van der Waals surface area contributed by atoms with Crippen LogP contribution in [-0.4, -0.2) is 48.9 Å². The average Bonchev–Trinajstić information content (AvgIpc) is 3.03. The van der Waals surface area contributed by atoms with Gasteiger partial charge in [-0.1, -0.05) is 30.3 Å². The standard InChI is InChI=1S/C19H26O6/c1-17(2)22-12-19(25-17)16(20-10-13-8-6-5-7-9-13)15-14(11-21-19)23-18(3,4)24-15/h5-9,14-16H,10-12H2,1-4H3/t14-,15-,16+,19+/m0/s1. The van der Waals surface area contributed by atoms with Gasteiger partial charge >= 0.3 is 0 Å². The Labute approximate surface area is 148 Å². The summed E-state index contributed by atoms with van der Waals surface area (Å²) in [7, 11) is 0. The van der Waals surface area contributed by atoms with Gasteiger partial charge in [-0.2, -0.15) is 0 Å². The van der Waals surface area contributed by atoms with E-state index in [0.29, 0.717) is 19.8 Å². The molecule has 25 heavy (non-hydrogen) atoms. The molecule has 3 aliphatic heterocycles. The molecule has 0 saturated carbocycles. The molecule has 3 saturated heterocycles. The normalized spacial score (nSPS) is 38.8. The molecule has 3 fully saturated rings. The van der Waals surface area contributed by atoms with Crippen molar-refractivity contribution >= 4 is 0 Å². The van der Waals surface area contributed by atoms with Crippen LogP contribution in [0.4, 0.5) is 0 Å². The van der Waals surface area contributed by atoms with Crippen LogP contribution in [0.15, 0.2) is 30.3 Å². The fourth-order valence-corrected chi connectivity index (χ4v) is 3.75. The fraction of sp³-hybridized carbons (Fsp3) is 0.684. The number of benzene rings is 1. The molecule has 6 heteroatoms. The van der Waals surface area contributed by atoms with Crippen LogP contribution in [0, 0.1) is 0 Å². The summed E-state index contributed by atoms with van der Waals surface area (Å²) in [6.07, 6.45) is -0.909. The minimum atomic E-state index is -0.983. The molecule has 1 spiro atoms. The molecule has 0 amide bonds. The molecule has 1 aromatic carbocycles. The molecule has 0 aliphatic carbocycles. The first-order chi connectivity index (χ1) is 11.8. The predicted molar refractivity (Wildman–Crippen MR) is 88.6 cm³/mol. The quantitative estimate of drug-likeness (QED) is 0.835. The molecule has 6 nitrogen and oxygen atoms in total. The topological polar surface area (TPSA) is 55.4 Å². The monoisotopic (exact) mass is 350 g/mol. The summed E-state index contributed by atoms with van der Waals surface area (Å²) >= 11 is 0. The Bertz CT molecular complexity index is 614. The summed E-state index contributed by atoms with van der Waals surface area (Å²) in [4.78, 5) is 0. The highest BCUT2D eigenvalue weighted by Gasteiger charge is 2.63. The zero-order valence-electron chi connectivity index (χ0n) is 15.2. The van der Waals surface area contributed by atoms with Gasteiger partial charge < -0.3 is 28.4 Å². The molecule has 138 valence electrons. The van der Waals surface area contributed by atoms with Crippen molar-refractivity contribution in [1.29, 1.82) is 0 Å². The lowest BCUT2D eigenvalue weighted by Gasteiger charge is -2.43. The Kier molecular flexibility index (Phi) is 4.18. The summed E-state index contributed by atoms with van der Waals surface area (Å²) < 4.78 is 36.4. The lowest BCUT2D eigenvalue weighted by atomic mass is 9.97. The lowest BCUT2D eigenvalue weighted by molar-refractivity contribution is -0.336. The second-order valence-corrected chi connectivity index (χ2v) is 7.77. The van der Waals surface area contributed by atoms with Gasteiger partial charge in [-0.25, -0.2) is 0 Å². The Morgan fingerprint density at radius 1 is 1.00 bits per heavy atom. The van der Waals surface area contributed by atoms with E-state index in [2.05, 4.69) is 0 Å². The van der Waals surface area contributed by atoms with Gasteiger partial charge in [0, 0.05) is 0 Å². The van der Waals surface area contributed by atoms with Crippen molar-refractivity contribution in [3.05, 3.63) is 35.9 Å². The second kappa shape index (κ2) is 6.01. The molecule has 0 aromatic heterocycles. The maximum absolute atomic E-state index is 6.27. The van der Waals surface area contributed by atoms with Crippen LogP contribution in [0.5, 0.6) is 0 Å². The molecule has 0 unspecified atom stereocenters. The lowest BCUT2D eigenvalue weighted by Crippen LogP contribution is -2.62. The van der Waals surface area contributed by atoms with Crippen molar-refractivity contribution < 1.29 is 28.4 Å². The van der Waals surface area contributed by atoms with Crippen LogP contribution in [0.2, 0.25) is 0 Å². The van der Waals surface area contributed by atoms with Crippen molar-refractivity contribution in [3.8, 4) is 0 Å². The van der Waals surface area contributed by atoms with Crippen LogP contribution >= 0.6 is 0 Å². The highest BCUT2D eigenvalue weighted by Crippen LogP contribution is 2.45. The van der Waals surface area contributed by atoms with Crippen LogP contribution in [0.1, 0.15) is 33.3 Å². The molecule has 1 aromatic rings. The molecule has 0 N–H and O–H groups in total. The number of rotatable bonds is 3. The van der Waals surface area contributed by atoms with E-state index in [0.717, 1.165) is 5.56 Å². The minimum absolute atomic E-state index is 0.186. The summed E-state index contributed by atoms with van der Waals surface area (Å²) in [5.74, 6) is -2.38. The third-order valence-corrected chi connectivity index (χ3v) is 4.76. The van der Waals surface area contributed by atoms with Crippen LogP contribution in [0.25, 0.3) is 0 Å². The van der Waals surface area contributed by atoms with Crippen LogP contribution in [-0.2, 0) is 35.0 Å². The van der Waals surface area contributed by atoms with Crippen LogP contribution < -0.4 is 0 Å². The Balaban J connectivity index is 1.58. The number of fused-ring (bicyclic) bond motifs is 1. The minimum Gasteiger partial charge on any atom is -0.365 e. The van der Waals surface area contributed by atoms with Crippen molar-refractivity contribution in [2.45, 2.75) is 70.0 Å². The van der Waals surface area contributed by atoms with Gasteiger partial charge in [0.05, 0.1) is 13.2 Å². The fourth-order valence-electron chi connectivity index (χ4n) is 3.75. The molecule has 4 rings (SSSR count). The number of hydrogen-bond acceptors (Lipinski definition) is 6. The SMILES string of the molecule is CC1(C)O[C@H]2[C@H](CO[C@@]3(COC(C)(C)O3)[C@@H]2OCc2ccccc2)O1. The van der Waals surface area contributed by atoms with E-state index in [9.17, 15) is 0 Å². The van der Waals surface area contributed by atoms with Gasteiger partial charge in [0.2, 0.25) is 5.79 Å². The van der Waals surface area contributed by atoms with Crippen LogP contribution in [0.3, 0.4) is 0 Å². The predicted octanol–water partition coefficient (Wildman–Crippen LogP) is 2.60. The third kappa shape index (κ3) is 3.35. The van der Waals surface area contributed by atoms with Crippen molar-refractivity contribution in [2.75, 3.05) is 13.2 Å². The first-order valence-corrected chi connectivity index (χ1v) is 8.78. The molecule has 3 aliphatic rings. The molecule has 0 bridgehead atoms. The zero-order chi connectivity index (χ0) is 17.7. The Morgan fingerprint density at radius 2 is 1.76 bits per heavy atom. The summed E-state index contributed by atoms with van der Waals surface area (Å²) in [6.45, 7) is 8.69. The van der Waals surface area contributed by atoms with Gasteiger partial charge in [0.1, 0.15) is 24.9 Å². The summed E-state index contributed by atoms with van der Waals surface area (Å²) in [5.41, 5.74) is 1.08. The van der Waals surface area contributed by atoms with Crippen molar-refractivity contribution in [2.24, 2.45) is 0 Å². The largest absolute Gasteiger partial charge is 0.365 e. The van der Waals surface area contributed by atoms with Gasteiger partial charge in [0.25, 0.3) is 0 Å². The first kappa shape index (κ1) is 17.4. The van der Waals surface area contributed by atoms with Gasteiger partial charge in [-0.3, -0.25) is 0 Å².